The third-order valence-corrected chi connectivity index (χ3v) is 4.12. The van der Waals surface area contributed by atoms with E-state index in [1.54, 1.807) is 4.90 Å². The van der Waals surface area contributed by atoms with Gasteiger partial charge < -0.3 is 19.1 Å². The molecular weight excluding hydrogens is 291 g/mol. The summed E-state index contributed by atoms with van der Waals surface area (Å²) in [5.74, 6) is -0.663. The van der Waals surface area contributed by atoms with Crippen molar-refractivity contribution in [3.8, 4) is 5.88 Å². The molecule has 1 saturated carbocycles. The summed E-state index contributed by atoms with van der Waals surface area (Å²) in [6.07, 6.45) is 2.46. The maximum Gasteiger partial charge on any atom is 0.250 e. The van der Waals surface area contributed by atoms with E-state index in [-0.39, 0.29) is 30.5 Å². The third-order valence-electron chi connectivity index (χ3n) is 4.12. The molecule has 1 amide bonds. The second-order valence-corrected chi connectivity index (χ2v) is 5.45. The van der Waals surface area contributed by atoms with Crippen LogP contribution < -0.4 is 4.74 Å². The molecular formula is C15H19FN2O4. The van der Waals surface area contributed by atoms with Crippen LogP contribution in [0.25, 0.3) is 0 Å². The van der Waals surface area contributed by atoms with Crippen LogP contribution in [-0.4, -0.2) is 60.9 Å². The standard InChI is InChI=1S/C15H19FN2O4/c1-20-9-13(19)18-7-8-21-12-5-4-11(18)14(12)22-15-10(16)3-2-6-17-15/h2-3,6,11-12,14H,4-5,7-9H2,1H3/t11-,12-,14-/m0/s1. The molecule has 2 bridgehead atoms. The van der Waals surface area contributed by atoms with Crippen molar-refractivity contribution >= 4 is 5.91 Å². The first-order valence-electron chi connectivity index (χ1n) is 7.38. The van der Waals surface area contributed by atoms with Crippen molar-refractivity contribution in [3.05, 3.63) is 24.1 Å². The molecule has 3 rings (SSSR count). The highest BCUT2D eigenvalue weighted by Crippen LogP contribution is 2.33. The van der Waals surface area contributed by atoms with Crippen LogP contribution in [0.3, 0.4) is 0 Å². The predicted octanol–water partition coefficient (Wildman–Crippen LogP) is 1.00. The highest BCUT2D eigenvalue weighted by atomic mass is 19.1. The van der Waals surface area contributed by atoms with E-state index < -0.39 is 11.9 Å². The van der Waals surface area contributed by atoms with E-state index in [4.69, 9.17) is 14.2 Å². The first kappa shape index (κ1) is 15.2. The maximum absolute atomic E-state index is 13.8. The zero-order valence-corrected chi connectivity index (χ0v) is 12.4. The summed E-state index contributed by atoms with van der Waals surface area (Å²) in [6, 6.07) is 2.67. The molecule has 0 N–H and O–H groups in total. The number of fused-ring (bicyclic) bond motifs is 2. The van der Waals surface area contributed by atoms with Crippen LogP contribution in [0.4, 0.5) is 4.39 Å². The molecule has 1 aromatic rings. The fourth-order valence-corrected chi connectivity index (χ4v) is 3.15. The molecule has 1 saturated heterocycles. The van der Waals surface area contributed by atoms with Crippen molar-refractivity contribution in [2.24, 2.45) is 0 Å². The van der Waals surface area contributed by atoms with Gasteiger partial charge in [0.25, 0.3) is 5.88 Å². The fraction of sp³-hybridized carbons (Fsp3) is 0.600. The number of aromatic nitrogens is 1. The van der Waals surface area contributed by atoms with E-state index in [9.17, 15) is 9.18 Å². The van der Waals surface area contributed by atoms with E-state index in [0.717, 1.165) is 12.8 Å². The number of nitrogens with zero attached hydrogens (tertiary/aromatic N) is 2. The van der Waals surface area contributed by atoms with Crippen LogP contribution in [-0.2, 0) is 14.3 Å². The van der Waals surface area contributed by atoms with Crippen LogP contribution in [0, 0.1) is 5.82 Å². The molecule has 0 radical (unpaired) electrons. The van der Waals surface area contributed by atoms with E-state index in [1.807, 2.05) is 0 Å². The average Bonchev–Trinajstić information content (AvgIpc) is 2.77. The largest absolute Gasteiger partial charge is 0.467 e. The summed E-state index contributed by atoms with van der Waals surface area (Å²) in [4.78, 5) is 17.9. The van der Waals surface area contributed by atoms with Gasteiger partial charge in [0, 0.05) is 19.9 Å². The molecule has 1 aliphatic heterocycles. The highest BCUT2D eigenvalue weighted by molar-refractivity contribution is 5.78. The summed E-state index contributed by atoms with van der Waals surface area (Å²) in [5.41, 5.74) is 0. The van der Waals surface area contributed by atoms with Gasteiger partial charge in [-0.25, -0.2) is 9.37 Å². The van der Waals surface area contributed by atoms with E-state index >= 15 is 0 Å². The summed E-state index contributed by atoms with van der Waals surface area (Å²) in [6.45, 7) is 0.959. The van der Waals surface area contributed by atoms with E-state index in [1.165, 1.54) is 25.4 Å². The number of hydrogen-bond acceptors (Lipinski definition) is 5. The van der Waals surface area contributed by atoms with Crippen molar-refractivity contribution in [3.63, 3.8) is 0 Å². The molecule has 1 aliphatic carbocycles. The van der Waals surface area contributed by atoms with Gasteiger partial charge >= 0.3 is 0 Å². The molecule has 2 aliphatic rings. The summed E-state index contributed by atoms with van der Waals surface area (Å²) in [5, 5.41) is 0. The summed E-state index contributed by atoms with van der Waals surface area (Å²) < 4.78 is 30.2. The number of amides is 1. The van der Waals surface area contributed by atoms with Crippen molar-refractivity contribution in [2.45, 2.75) is 31.1 Å². The Hall–Kier alpha value is -1.73. The lowest BCUT2D eigenvalue weighted by molar-refractivity contribution is -0.138. The Labute approximate surface area is 128 Å². The second kappa shape index (κ2) is 6.58. The first-order chi connectivity index (χ1) is 10.7. The Morgan fingerprint density at radius 1 is 1.55 bits per heavy atom. The molecule has 120 valence electrons. The van der Waals surface area contributed by atoms with Crippen molar-refractivity contribution in [2.75, 3.05) is 26.9 Å². The Kier molecular flexibility index (Phi) is 4.54. The number of ether oxygens (including phenoxy) is 3. The lowest BCUT2D eigenvalue weighted by atomic mass is 10.1. The SMILES string of the molecule is COCC(=O)N1CCO[C@H]2CC[C@H]1[C@@H]2Oc1ncccc1F. The van der Waals surface area contributed by atoms with Crippen LogP contribution >= 0.6 is 0 Å². The molecule has 3 atom stereocenters. The van der Waals surface area contributed by atoms with Crippen molar-refractivity contribution in [1.82, 2.24) is 9.88 Å². The van der Waals surface area contributed by atoms with E-state index in [2.05, 4.69) is 4.98 Å². The topological polar surface area (TPSA) is 60.9 Å². The third kappa shape index (κ3) is 2.91. The fourth-order valence-electron chi connectivity index (χ4n) is 3.15. The molecule has 0 unspecified atom stereocenters. The zero-order chi connectivity index (χ0) is 15.5. The van der Waals surface area contributed by atoms with Gasteiger partial charge in [0.15, 0.2) is 5.82 Å². The summed E-state index contributed by atoms with van der Waals surface area (Å²) >= 11 is 0. The molecule has 6 nitrogen and oxygen atoms in total. The van der Waals surface area contributed by atoms with Crippen LogP contribution in [0.2, 0.25) is 0 Å². The second-order valence-electron chi connectivity index (χ2n) is 5.45. The lowest BCUT2D eigenvalue weighted by Crippen LogP contribution is -2.48. The normalized spacial score (nSPS) is 27.5. The molecule has 7 heteroatoms. The monoisotopic (exact) mass is 310 g/mol. The maximum atomic E-state index is 13.8. The van der Waals surface area contributed by atoms with Gasteiger partial charge in [-0.05, 0) is 25.0 Å². The Balaban J connectivity index is 1.80. The molecule has 0 aromatic carbocycles. The Bertz CT molecular complexity index is 542. The van der Waals surface area contributed by atoms with Gasteiger partial charge in [0.1, 0.15) is 12.7 Å². The van der Waals surface area contributed by atoms with Crippen LogP contribution in [0.15, 0.2) is 18.3 Å². The number of carbonyl (C=O) groups excluding carboxylic acids is 1. The smallest absolute Gasteiger partial charge is 0.250 e. The number of halogens is 1. The highest BCUT2D eigenvalue weighted by Gasteiger charge is 2.45. The van der Waals surface area contributed by atoms with Crippen LogP contribution in [0.1, 0.15) is 12.8 Å². The molecule has 2 fully saturated rings. The van der Waals surface area contributed by atoms with Gasteiger partial charge in [-0.3, -0.25) is 4.79 Å². The number of hydrogen-bond donors (Lipinski definition) is 0. The lowest BCUT2D eigenvalue weighted by Gasteiger charge is -2.31. The van der Waals surface area contributed by atoms with Gasteiger partial charge in [-0.1, -0.05) is 0 Å². The minimum absolute atomic E-state index is 0.0197. The number of rotatable bonds is 4. The van der Waals surface area contributed by atoms with Gasteiger partial charge in [-0.2, -0.15) is 0 Å². The Morgan fingerprint density at radius 2 is 2.41 bits per heavy atom. The van der Waals surface area contributed by atoms with Crippen molar-refractivity contribution < 1.29 is 23.4 Å². The average molecular weight is 310 g/mol. The van der Waals surface area contributed by atoms with Crippen LogP contribution in [0.5, 0.6) is 5.88 Å². The zero-order valence-electron chi connectivity index (χ0n) is 12.4. The van der Waals surface area contributed by atoms with Crippen molar-refractivity contribution in [1.29, 1.82) is 0 Å². The molecule has 2 heterocycles. The minimum atomic E-state index is -0.513. The minimum Gasteiger partial charge on any atom is -0.467 e. The molecule has 0 spiro atoms. The number of pyridine rings is 1. The Morgan fingerprint density at radius 3 is 3.18 bits per heavy atom. The molecule has 1 aromatic heterocycles. The van der Waals surface area contributed by atoms with Gasteiger partial charge in [0.2, 0.25) is 5.91 Å². The van der Waals surface area contributed by atoms with E-state index in [0.29, 0.717) is 13.2 Å². The quantitative estimate of drug-likeness (QED) is 0.830. The molecule has 22 heavy (non-hydrogen) atoms. The predicted molar refractivity (Wildman–Crippen MR) is 75.0 cm³/mol. The number of carbonyl (C=O) groups is 1. The summed E-state index contributed by atoms with van der Waals surface area (Å²) in [7, 11) is 1.49. The van der Waals surface area contributed by atoms with Gasteiger partial charge in [-0.15, -0.1) is 0 Å². The number of methoxy groups -OCH3 is 1. The van der Waals surface area contributed by atoms with Gasteiger partial charge in [0.05, 0.1) is 18.8 Å². The first-order valence-corrected chi connectivity index (χ1v) is 7.38.